The second-order valence-corrected chi connectivity index (χ2v) is 5.74. The van der Waals surface area contributed by atoms with Crippen LogP contribution in [-0.2, 0) is 9.53 Å². The van der Waals surface area contributed by atoms with Crippen LogP contribution in [-0.4, -0.2) is 62.1 Å². The molecule has 1 aliphatic rings. The summed E-state index contributed by atoms with van der Waals surface area (Å²) in [5, 5.41) is 0. The van der Waals surface area contributed by atoms with E-state index >= 15 is 0 Å². The average molecular weight is 290 g/mol. The Labute approximate surface area is 127 Å². The molecule has 1 aliphatic heterocycles. The van der Waals surface area contributed by atoms with Gasteiger partial charge in [0.25, 0.3) is 0 Å². The molecule has 1 fully saturated rings. The topological polar surface area (TPSA) is 32.8 Å². The van der Waals surface area contributed by atoms with Gasteiger partial charge < -0.3 is 14.5 Å². The lowest BCUT2D eigenvalue weighted by Crippen LogP contribution is -2.36. The van der Waals surface area contributed by atoms with Crippen LogP contribution in [0.1, 0.15) is 24.8 Å². The van der Waals surface area contributed by atoms with Gasteiger partial charge in [-0.1, -0.05) is 37.3 Å². The number of carbonyl (C=O) groups is 1. The van der Waals surface area contributed by atoms with Crippen LogP contribution in [0.15, 0.2) is 30.3 Å². The predicted octanol–water partition coefficient (Wildman–Crippen LogP) is 1.97. The highest BCUT2D eigenvalue weighted by molar-refractivity contribution is 5.76. The molecule has 1 heterocycles. The summed E-state index contributed by atoms with van der Waals surface area (Å²) < 4.78 is 5.08. The molecule has 1 aromatic rings. The van der Waals surface area contributed by atoms with E-state index in [-0.39, 0.29) is 5.91 Å². The van der Waals surface area contributed by atoms with E-state index in [1.54, 1.807) is 7.11 Å². The minimum atomic E-state index is 0.252. The molecule has 0 radical (unpaired) electrons. The molecule has 1 amide bonds. The molecule has 0 aliphatic carbocycles. The highest BCUT2D eigenvalue weighted by Crippen LogP contribution is 2.17. The van der Waals surface area contributed by atoms with E-state index in [1.165, 1.54) is 5.56 Å². The molecule has 4 heteroatoms. The van der Waals surface area contributed by atoms with Gasteiger partial charge in [-0.15, -0.1) is 0 Å². The summed E-state index contributed by atoms with van der Waals surface area (Å²) in [5.74, 6) is 0.744. The highest BCUT2D eigenvalue weighted by atomic mass is 16.5. The normalized spacial score (nSPS) is 18.6. The van der Waals surface area contributed by atoms with Crippen molar-refractivity contribution in [2.24, 2.45) is 0 Å². The first-order valence-corrected chi connectivity index (χ1v) is 7.74. The van der Waals surface area contributed by atoms with Crippen LogP contribution in [0.2, 0.25) is 0 Å². The van der Waals surface area contributed by atoms with Crippen molar-refractivity contribution >= 4 is 5.91 Å². The van der Waals surface area contributed by atoms with Crippen LogP contribution in [0.5, 0.6) is 0 Å². The first-order valence-electron chi connectivity index (χ1n) is 7.74. The fraction of sp³-hybridized carbons (Fsp3) is 0.588. The number of carbonyl (C=O) groups excluding carboxylic acids is 1. The van der Waals surface area contributed by atoms with E-state index in [0.29, 0.717) is 25.5 Å². The van der Waals surface area contributed by atoms with Crippen molar-refractivity contribution in [1.29, 1.82) is 0 Å². The lowest BCUT2D eigenvalue weighted by molar-refractivity contribution is -0.130. The Morgan fingerprint density at radius 1 is 1.19 bits per heavy atom. The first-order chi connectivity index (χ1) is 10.2. The third-order valence-electron chi connectivity index (χ3n) is 4.15. The van der Waals surface area contributed by atoms with E-state index in [4.69, 9.17) is 4.74 Å². The summed E-state index contributed by atoms with van der Waals surface area (Å²) in [4.78, 5) is 16.4. The van der Waals surface area contributed by atoms with Crippen LogP contribution in [0, 0.1) is 0 Å². The predicted molar refractivity (Wildman–Crippen MR) is 84.4 cm³/mol. The van der Waals surface area contributed by atoms with Gasteiger partial charge in [-0.2, -0.15) is 0 Å². The molecule has 1 aromatic carbocycles. The summed E-state index contributed by atoms with van der Waals surface area (Å²) in [6.45, 7) is 7.21. The van der Waals surface area contributed by atoms with Gasteiger partial charge in [0.15, 0.2) is 0 Å². The first kappa shape index (κ1) is 16.0. The number of methoxy groups -OCH3 is 1. The van der Waals surface area contributed by atoms with Gasteiger partial charge in [0, 0.05) is 46.3 Å². The van der Waals surface area contributed by atoms with Gasteiger partial charge in [0.2, 0.25) is 5.91 Å². The summed E-state index contributed by atoms with van der Waals surface area (Å²) in [5.41, 5.74) is 1.37. The second-order valence-electron chi connectivity index (χ2n) is 5.74. The van der Waals surface area contributed by atoms with Gasteiger partial charge in [-0.3, -0.25) is 4.79 Å². The van der Waals surface area contributed by atoms with Crippen LogP contribution in [0.25, 0.3) is 0 Å². The number of nitrogens with zero attached hydrogens (tertiary/aromatic N) is 2. The van der Waals surface area contributed by atoms with E-state index in [1.807, 2.05) is 4.90 Å². The zero-order valence-corrected chi connectivity index (χ0v) is 13.1. The molecule has 0 spiro atoms. The maximum atomic E-state index is 12.1. The lowest BCUT2D eigenvalue weighted by atomic mass is 10.0. The summed E-state index contributed by atoms with van der Waals surface area (Å²) in [7, 11) is 1.68. The van der Waals surface area contributed by atoms with Gasteiger partial charge in [0.1, 0.15) is 0 Å². The Hall–Kier alpha value is -1.39. The number of ether oxygens (including phenoxy) is 1. The summed E-state index contributed by atoms with van der Waals surface area (Å²) in [6, 6.07) is 10.6. The van der Waals surface area contributed by atoms with Crippen LogP contribution < -0.4 is 0 Å². The molecule has 21 heavy (non-hydrogen) atoms. The molecule has 116 valence electrons. The number of amides is 1. The second kappa shape index (κ2) is 8.15. The third-order valence-corrected chi connectivity index (χ3v) is 4.15. The Morgan fingerprint density at radius 2 is 1.95 bits per heavy atom. The number of hydrogen-bond acceptors (Lipinski definition) is 3. The average Bonchev–Trinajstić information content (AvgIpc) is 2.68. The monoisotopic (exact) mass is 290 g/mol. The molecular formula is C17H26N2O2. The van der Waals surface area contributed by atoms with E-state index in [2.05, 4.69) is 42.2 Å². The SMILES string of the molecule is COCCN1CCN(C[C@@H](C)c2ccccc2)CCC1=O. The van der Waals surface area contributed by atoms with Crippen LogP contribution >= 0.6 is 0 Å². The van der Waals surface area contributed by atoms with Crippen LogP contribution in [0.4, 0.5) is 0 Å². The van der Waals surface area contributed by atoms with Crippen molar-refractivity contribution in [3.05, 3.63) is 35.9 Å². The van der Waals surface area contributed by atoms with Gasteiger partial charge in [-0.05, 0) is 11.5 Å². The fourth-order valence-electron chi connectivity index (χ4n) is 2.81. The molecule has 0 saturated carbocycles. The summed E-state index contributed by atoms with van der Waals surface area (Å²) >= 11 is 0. The van der Waals surface area contributed by atoms with Crippen LogP contribution in [0.3, 0.4) is 0 Å². The summed E-state index contributed by atoms with van der Waals surface area (Å²) in [6.07, 6.45) is 0.616. The van der Waals surface area contributed by atoms with Crippen molar-refractivity contribution in [1.82, 2.24) is 9.80 Å². The number of hydrogen-bond donors (Lipinski definition) is 0. The van der Waals surface area contributed by atoms with Crippen molar-refractivity contribution in [2.45, 2.75) is 19.3 Å². The molecular weight excluding hydrogens is 264 g/mol. The Balaban J connectivity index is 1.86. The van der Waals surface area contributed by atoms with E-state index in [0.717, 1.165) is 26.2 Å². The molecule has 2 rings (SSSR count). The van der Waals surface area contributed by atoms with Crippen molar-refractivity contribution in [3.8, 4) is 0 Å². The number of benzene rings is 1. The van der Waals surface area contributed by atoms with Gasteiger partial charge in [-0.25, -0.2) is 0 Å². The Bertz CT molecular complexity index is 436. The quantitative estimate of drug-likeness (QED) is 0.803. The largest absolute Gasteiger partial charge is 0.383 e. The minimum Gasteiger partial charge on any atom is -0.383 e. The van der Waals surface area contributed by atoms with E-state index < -0.39 is 0 Å². The molecule has 1 saturated heterocycles. The van der Waals surface area contributed by atoms with Crippen molar-refractivity contribution in [3.63, 3.8) is 0 Å². The maximum Gasteiger partial charge on any atom is 0.223 e. The molecule has 4 nitrogen and oxygen atoms in total. The smallest absolute Gasteiger partial charge is 0.223 e. The highest BCUT2D eigenvalue weighted by Gasteiger charge is 2.21. The van der Waals surface area contributed by atoms with Crippen molar-refractivity contribution in [2.75, 3.05) is 46.4 Å². The molecule has 0 N–H and O–H groups in total. The zero-order chi connectivity index (χ0) is 15.1. The van der Waals surface area contributed by atoms with Crippen molar-refractivity contribution < 1.29 is 9.53 Å². The Morgan fingerprint density at radius 3 is 2.67 bits per heavy atom. The van der Waals surface area contributed by atoms with Gasteiger partial charge >= 0.3 is 0 Å². The van der Waals surface area contributed by atoms with Gasteiger partial charge in [0.05, 0.1) is 6.61 Å². The molecule has 0 aromatic heterocycles. The number of rotatable bonds is 6. The molecule has 0 unspecified atom stereocenters. The fourth-order valence-corrected chi connectivity index (χ4v) is 2.81. The zero-order valence-electron chi connectivity index (χ0n) is 13.1. The maximum absolute atomic E-state index is 12.1. The standard InChI is InChI=1S/C17H26N2O2/c1-15(16-6-4-3-5-7-16)14-18-9-8-17(20)19(11-10-18)12-13-21-2/h3-7,15H,8-14H2,1-2H3/t15-/m1/s1. The molecule has 1 atom stereocenters. The minimum absolute atomic E-state index is 0.252. The third kappa shape index (κ3) is 4.83. The lowest BCUT2D eigenvalue weighted by Gasteiger charge is -2.24. The Kier molecular flexibility index (Phi) is 6.21. The van der Waals surface area contributed by atoms with E-state index in [9.17, 15) is 4.79 Å². The molecule has 0 bridgehead atoms.